The van der Waals surface area contributed by atoms with Crippen molar-refractivity contribution in [3.05, 3.63) is 65.4 Å². The molecule has 1 aromatic heterocycles. The molecule has 0 radical (unpaired) electrons. The Morgan fingerprint density at radius 3 is 2.60 bits per heavy atom. The molecule has 1 heterocycles. The summed E-state index contributed by atoms with van der Waals surface area (Å²) in [5.74, 6) is 0. The van der Waals surface area contributed by atoms with Gasteiger partial charge in [0, 0.05) is 23.0 Å². The third kappa shape index (κ3) is 2.25. The van der Waals surface area contributed by atoms with Crippen molar-refractivity contribution in [3.8, 4) is 0 Å². The van der Waals surface area contributed by atoms with Gasteiger partial charge in [-0.05, 0) is 56.2 Å². The Balaban J connectivity index is 2.11. The number of aryl methyl sites for hydroxylation is 2. The molecule has 0 aliphatic rings. The van der Waals surface area contributed by atoms with Crippen LogP contribution in [0.15, 0.2) is 48.7 Å². The number of hydrogen-bond donors (Lipinski definition) is 1. The molecule has 2 heteroatoms. The molecule has 0 bridgehead atoms. The van der Waals surface area contributed by atoms with Crippen molar-refractivity contribution in [3.63, 3.8) is 0 Å². The van der Waals surface area contributed by atoms with Gasteiger partial charge in [0.25, 0.3) is 0 Å². The summed E-state index contributed by atoms with van der Waals surface area (Å²) < 4.78 is 0. The van der Waals surface area contributed by atoms with Crippen molar-refractivity contribution in [1.82, 2.24) is 4.98 Å². The van der Waals surface area contributed by atoms with Crippen LogP contribution in [0.3, 0.4) is 0 Å². The predicted molar refractivity (Wildman–Crippen MR) is 85.7 cm³/mol. The molecule has 0 fully saturated rings. The first-order valence-electron chi connectivity index (χ1n) is 6.84. The zero-order valence-corrected chi connectivity index (χ0v) is 12.1. The number of nitrogens with one attached hydrogen (secondary N) is 1. The highest BCUT2D eigenvalue weighted by Crippen LogP contribution is 2.28. The van der Waals surface area contributed by atoms with E-state index in [0.29, 0.717) is 0 Å². The number of fused-ring (bicyclic) bond motifs is 1. The van der Waals surface area contributed by atoms with E-state index >= 15 is 0 Å². The van der Waals surface area contributed by atoms with Crippen LogP contribution in [0.1, 0.15) is 16.7 Å². The molecular formula is C18H18N2. The van der Waals surface area contributed by atoms with Crippen molar-refractivity contribution in [2.24, 2.45) is 0 Å². The number of rotatable bonds is 2. The van der Waals surface area contributed by atoms with Crippen LogP contribution in [0, 0.1) is 20.8 Å². The van der Waals surface area contributed by atoms with Crippen LogP contribution in [-0.2, 0) is 0 Å². The summed E-state index contributed by atoms with van der Waals surface area (Å²) in [4.78, 5) is 4.42. The maximum absolute atomic E-state index is 4.42. The topological polar surface area (TPSA) is 24.9 Å². The first-order chi connectivity index (χ1) is 9.65. The largest absolute Gasteiger partial charge is 0.355 e. The second-order valence-corrected chi connectivity index (χ2v) is 5.25. The fraction of sp³-hybridized carbons (Fsp3) is 0.167. The van der Waals surface area contributed by atoms with E-state index in [4.69, 9.17) is 0 Å². The molecule has 20 heavy (non-hydrogen) atoms. The van der Waals surface area contributed by atoms with Gasteiger partial charge >= 0.3 is 0 Å². The molecule has 0 aliphatic heterocycles. The van der Waals surface area contributed by atoms with Crippen molar-refractivity contribution in [1.29, 1.82) is 0 Å². The van der Waals surface area contributed by atoms with Crippen LogP contribution in [0.25, 0.3) is 10.9 Å². The molecule has 2 nitrogen and oxygen atoms in total. The molecule has 0 spiro atoms. The van der Waals surface area contributed by atoms with Gasteiger partial charge in [0.05, 0.1) is 5.52 Å². The third-order valence-corrected chi connectivity index (χ3v) is 3.77. The SMILES string of the molecule is Cc1ccc2nccc(Nc3cccc(C)c3C)c2c1. The van der Waals surface area contributed by atoms with E-state index in [9.17, 15) is 0 Å². The maximum atomic E-state index is 4.42. The van der Waals surface area contributed by atoms with E-state index in [1.165, 1.54) is 16.7 Å². The molecule has 0 aliphatic carbocycles. The van der Waals surface area contributed by atoms with E-state index in [1.807, 2.05) is 12.3 Å². The smallest absolute Gasteiger partial charge is 0.0723 e. The Labute approximate surface area is 119 Å². The van der Waals surface area contributed by atoms with Crippen molar-refractivity contribution in [2.75, 3.05) is 5.32 Å². The molecule has 3 aromatic rings. The number of nitrogens with zero attached hydrogens (tertiary/aromatic N) is 1. The van der Waals surface area contributed by atoms with E-state index in [0.717, 1.165) is 22.3 Å². The van der Waals surface area contributed by atoms with E-state index in [2.05, 4.69) is 67.5 Å². The standard InChI is InChI=1S/C18H18N2/c1-12-7-8-17-15(11-12)18(9-10-19-17)20-16-6-4-5-13(2)14(16)3/h4-11H,1-3H3,(H,19,20). The lowest BCUT2D eigenvalue weighted by molar-refractivity contribution is 1.33. The Bertz CT molecular complexity index is 775. The van der Waals surface area contributed by atoms with Gasteiger partial charge < -0.3 is 5.32 Å². The molecule has 0 saturated carbocycles. The van der Waals surface area contributed by atoms with Crippen LogP contribution in [-0.4, -0.2) is 4.98 Å². The zero-order chi connectivity index (χ0) is 14.1. The summed E-state index contributed by atoms with van der Waals surface area (Å²) in [6.45, 7) is 6.38. The molecule has 0 unspecified atom stereocenters. The minimum atomic E-state index is 1.02. The minimum Gasteiger partial charge on any atom is -0.355 e. The highest BCUT2D eigenvalue weighted by Gasteiger charge is 2.05. The van der Waals surface area contributed by atoms with Crippen molar-refractivity contribution in [2.45, 2.75) is 20.8 Å². The molecule has 0 atom stereocenters. The molecule has 0 saturated heterocycles. The third-order valence-electron chi connectivity index (χ3n) is 3.77. The Kier molecular flexibility index (Phi) is 3.15. The molecule has 1 N–H and O–H groups in total. The number of hydrogen-bond acceptors (Lipinski definition) is 2. The average molecular weight is 262 g/mol. The van der Waals surface area contributed by atoms with Crippen molar-refractivity contribution < 1.29 is 0 Å². The van der Waals surface area contributed by atoms with Gasteiger partial charge in [-0.2, -0.15) is 0 Å². The van der Waals surface area contributed by atoms with Gasteiger partial charge in [-0.15, -0.1) is 0 Å². The summed E-state index contributed by atoms with van der Waals surface area (Å²) in [7, 11) is 0. The van der Waals surface area contributed by atoms with Crippen LogP contribution >= 0.6 is 0 Å². The van der Waals surface area contributed by atoms with E-state index in [-0.39, 0.29) is 0 Å². The molecule has 100 valence electrons. The van der Waals surface area contributed by atoms with Crippen LogP contribution in [0.5, 0.6) is 0 Å². The Morgan fingerprint density at radius 1 is 0.900 bits per heavy atom. The molecule has 2 aromatic carbocycles. The van der Waals surface area contributed by atoms with Gasteiger partial charge in [0.15, 0.2) is 0 Å². The van der Waals surface area contributed by atoms with Gasteiger partial charge in [0.2, 0.25) is 0 Å². The number of pyridine rings is 1. The van der Waals surface area contributed by atoms with E-state index < -0.39 is 0 Å². The van der Waals surface area contributed by atoms with E-state index in [1.54, 1.807) is 0 Å². The monoisotopic (exact) mass is 262 g/mol. The summed E-state index contributed by atoms with van der Waals surface area (Å²) in [5, 5.41) is 4.70. The quantitative estimate of drug-likeness (QED) is 0.710. The van der Waals surface area contributed by atoms with Crippen molar-refractivity contribution >= 4 is 22.3 Å². The number of anilines is 2. The maximum Gasteiger partial charge on any atom is 0.0723 e. The normalized spacial score (nSPS) is 10.8. The summed E-state index contributed by atoms with van der Waals surface area (Å²) in [5.41, 5.74) is 7.10. The fourth-order valence-corrected chi connectivity index (χ4v) is 2.40. The number of benzene rings is 2. The summed E-state index contributed by atoms with van der Waals surface area (Å²) >= 11 is 0. The van der Waals surface area contributed by atoms with Gasteiger partial charge in [-0.3, -0.25) is 4.98 Å². The lowest BCUT2D eigenvalue weighted by Gasteiger charge is -2.13. The predicted octanol–water partition coefficient (Wildman–Crippen LogP) is 4.90. The second-order valence-electron chi connectivity index (χ2n) is 5.25. The zero-order valence-electron chi connectivity index (χ0n) is 12.1. The Hall–Kier alpha value is -2.35. The fourth-order valence-electron chi connectivity index (χ4n) is 2.40. The van der Waals surface area contributed by atoms with Crippen LogP contribution < -0.4 is 5.32 Å². The first kappa shape index (κ1) is 12.7. The number of aromatic nitrogens is 1. The van der Waals surface area contributed by atoms with Crippen LogP contribution in [0.2, 0.25) is 0 Å². The molecule has 0 amide bonds. The molecule has 3 rings (SSSR count). The second kappa shape index (κ2) is 4.97. The lowest BCUT2D eigenvalue weighted by atomic mass is 10.1. The summed E-state index contributed by atoms with van der Waals surface area (Å²) in [6.07, 6.45) is 1.85. The van der Waals surface area contributed by atoms with Gasteiger partial charge in [-0.1, -0.05) is 23.8 Å². The first-order valence-corrected chi connectivity index (χ1v) is 6.84. The Morgan fingerprint density at radius 2 is 1.75 bits per heavy atom. The average Bonchev–Trinajstić information content (AvgIpc) is 2.44. The van der Waals surface area contributed by atoms with Gasteiger partial charge in [-0.25, -0.2) is 0 Å². The lowest BCUT2D eigenvalue weighted by Crippen LogP contribution is -1.96. The highest BCUT2D eigenvalue weighted by molar-refractivity contribution is 5.93. The van der Waals surface area contributed by atoms with Crippen LogP contribution in [0.4, 0.5) is 11.4 Å². The summed E-state index contributed by atoms with van der Waals surface area (Å²) in [6, 6.07) is 14.7. The van der Waals surface area contributed by atoms with Gasteiger partial charge in [0.1, 0.15) is 0 Å². The molecular weight excluding hydrogens is 244 g/mol. The minimum absolute atomic E-state index is 1.02. The highest BCUT2D eigenvalue weighted by atomic mass is 14.9.